The first-order chi connectivity index (χ1) is 11.8. The van der Waals surface area contributed by atoms with Crippen LogP contribution in [-0.2, 0) is 6.42 Å². The number of ether oxygens (including phenoxy) is 1. The summed E-state index contributed by atoms with van der Waals surface area (Å²) >= 11 is 0. The third-order valence-electron chi connectivity index (χ3n) is 3.31. The Morgan fingerprint density at radius 3 is 2.92 bits per heavy atom. The van der Waals surface area contributed by atoms with Crippen molar-refractivity contribution in [1.82, 2.24) is 20.5 Å². The molecule has 0 atom stereocenters. The van der Waals surface area contributed by atoms with E-state index in [1.165, 1.54) is 0 Å². The van der Waals surface area contributed by atoms with Crippen molar-refractivity contribution in [3.63, 3.8) is 0 Å². The molecule has 0 saturated carbocycles. The van der Waals surface area contributed by atoms with Crippen molar-refractivity contribution in [1.29, 1.82) is 0 Å². The Morgan fingerprint density at radius 1 is 1.21 bits per heavy atom. The molecule has 2 aromatic heterocycles. The second kappa shape index (κ2) is 7.36. The van der Waals surface area contributed by atoms with Crippen LogP contribution in [-0.4, -0.2) is 34.7 Å². The SMILES string of the molecule is COc1cccc(C(=O)NCCc2nnc(-c3ccccn3)o2)c1. The van der Waals surface area contributed by atoms with Crippen molar-refractivity contribution in [2.24, 2.45) is 0 Å². The van der Waals surface area contributed by atoms with Gasteiger partial charge in [0.05, 0.1) is 7.11 Å². The molecule has 3 aromatic rings. The van der Waals surface area contributed by atoms with Gasteiger partial charge in [0.15, 0.2) is 0 Å². The molecule has 0 saturated heterocycles. The van der Waals surface area contributed by atoms with E-state index in [-0.39, 0.29) is 5.91 Å². The molecular weight excluding hydrogens is 308 g/mol. The Morgan fingerprint density at radius 2 is 2.12 bits per heavy atom. The summed E-state index contributed by atoms with van der Waals surface area (Å²) in [6.07, 6.45) is 2.10. The molecule has 7 nitrogen and oxygen atoms in total. The van der Waals surface area contributed by atoms with E-state index in [0.29, 0.717) is 41.8 Å². The summed E-state index contributed by atoms with van der Waals surface area (Å²) in [7, 11) is 1.56. The fourth-order valence-corrected chi connectivity index (χ4v) is 2.10. The van der Waals surface area contributed by atoms with Crippen molar-refractivity contribution >= 4 is 5.91 Å². The van der Waals surface area contributed by atoms with E-state index in [1.54, 1.807) is 43.6 Å². The van der Waals surface area contributed by atoms with Crippen molar-refractivity contribution in [2.75, 3.05) is 13.7 Å². The van der Waals surface area contributed by atoms with Gasteiger partial charge in [-0.2, -0.15) is 0 Å². The molecule has 1 aromatic carbocycles. The first-order valence-electron chi connectivity index (χ1n) is 7.42. The lowest BCUT2D eigenvalue weighted by atomic mass is 10.2. The number of rotatable bonds is 6. The highest BCUT2D eigenvalue weighted by molar-refractivity contribution is 5.94. The molecule has 0 bridgehead atoms. The fraction of sp³-hybridized carbons (Fsp3) is 0.176. The molecule has 7 heteroatoms. The van der Waals surface area contributed by atoms with Crippen LogP contribution in [0.25, 0.3) is 11.6 Å². The molecule has 3 rings (SSSR count). The van der Waals surface area contributed by atoms with Crippen LogP contribution in [0.3, 0.4) is 0 Å². The summed E-state index contributed by atoms with van der Waals surface area (Å²) in [5.74, 6) is 1.27. The van der Waals surface area contributed by atoms with Crippen LogP contribution in [0.15, 0.2) is 53.1 Å². The maximum Gasteiger partial charge on any atom is 0.266 e. The van der Waals surface area contributed by atoms with E-state index in [4.69, 9.17) is 9.15 Å². The van der Waals surface area contributed by atoms with Crippen molar-refractivity contribution < 1.29 is 13.9 Å². The predicted molar refractivity (Wildman–Crippen MR) is 86.6 cm³/mol. The minimum atomic E-state index is -0.182. The van der Waals surface area contributed by atoms with Crippen LogP contribution in [0.2, 0.25) is 0 Å². The van der Waals surface area contributed by atoms with E-state index in [9.17, 15) is 4.79 Å². The summed E-state index contributed by atoms with van der Waals surface area (Å²) in [5, 5.41) is 10.7. The maximum atomic E-state index is 12.1. The van der Waals surface area contributed by atoms with Gasteiger partial charge in [0.25, 0.3) is 11.8 Å². The quantitative estimate of drug-likeness (QED) is 0.747. The van der Waals surface area contributed by atoms with Crippen LogP contribution < -0.4 is 10.1 Å². The van der Waals surface area contributed by atoms with Gasteiger partial charge in [-0.15, -0.1) is 10.2 Å². The highest BCUT2D eigenvalue weighted by Crippen LogP contribution is 2.14. The zero-order valence-corrected chi connectivity index (χ0v) is 13.1. The minimum absolute atomic E-state index is 0.182. The largest absolute Gasteiger partial charge is 0.497 e. The number of amides is 1. The van der Waals surface area contributed by atoms with Crippen LogP contribution in [0.5, 0.6) is 5.75 Å². The monoisotopic (exact) mass is 324 g/mol. The topological polar surface area (TPSA) is 90.1 Å². The number of pyridine rings is 1. The summed E-state index contributed by atoms with van der Waals surface area (Å²) in [6.45, 7) is 0.389. The highest BCUT2D eigenvalue weighted by atomic mass is 16.5. The van der Waals surface area contributed by atoms with Crippen LogP contribution in [0.4, 0.5) is 0 Å². The third-order valence-corrected chi connectivity index (χ3v) is 3.31. The van der Waals surface area contributed by atoms with Crippen molar-refractivity contribution in [3.8, 4) is 17.3 Å². The van der Waals surface area contributed by atoms with Gasteiger partial charge in [-0.25, -0.2) is 0 Å². The van der Waals surface area contributed by atoms with E-state index in [2.05, 4.69) is 20.5 Å². The second-order valence-electron chi connectivity index (χ2n) is 4.95. The van der Waals surface area contributed by atoms with Gasteiger partial charge < -0.3 is 14.5 Å². The lowest BCUT2D eigenvalue weighted by Gasteiger charge is -2.05. The molecular formula is C17H16N4O3. The van der Waals surface area contributed by atoms with Gasteiger partial charge in [0, 0.05) is 24.7 Å². The molecule has 0 spiro atoms. The highest BCUT2D eigenvalue weighted by Gasteiger charge is 2.10. The average Bonchev–Trinajstić information content (AvgIpc) is 3.11. The normalized spacial score (nSPS) is 10.4. The van der Waals surface area contributed by atoms with Gasteiger partial charge in [0.1, 0.15) is 11.4 Å². The number of nitrogens with one attached hydrogen (secondary N) is 1. The lowest BCUT2D eigenvalue weighted by Crippen LogP contribution is -2.25. The molecule has 0 aliphatic carbocycles. The molecule has 1 N–H and O–H groups in total. The molecule has 1 amide bonds. The molecule has 122 valence electrons. The van der Waals surface area contributed by atoms with Gasteiger partial charge in [-0.3, -0.25) is 9.78 Å². The Labute approximate surface area is 138 Å². The number of aromatic nitrogens is 3. The standard InChI is InChI=1S/C17H16N4O3/c1-23-13-6-4-5-12(11-13)16(22)19-10-8-15-20-21-17(24-15)14-7-2-3-9-18-14/h2-7,9,11H,8,10H2,1H3,(H,19,22). The Balaban J connectivity index is 1.55. The summed E-state index contributed by atoms with van der Waals surface area (Å²) in [5.41, 5.74) is 1.16. The van der Waals surface area contributed by atoms with Crippen molar-refractivity contribution in [3.05, 3.63) is 60.1 Å². The average molecular weight is 324 g/mol. The zero-order chi connectivity index (χ0) is 16.8. The Kier molecular flexibility index (Phi) is 4.81. The summed E-state index contributed by atoms with van der Waals surface area (Å²) in [6, 6.07) is 12.4. The fourth-order valence-electron chi connectivity index (χ4n) is 2.10. The van der Waals surface area contributed by atoms with Gasteiger partial charge in [-0.1, -0.05) is 12.1 Å². The molecule has 2 heterocycles. The summed E-state index contributed by atoms with van der Waals surface area (Å²) in [4.78, 5) is 16.2. The van der Waals surface area contributed by atoms with Gasteiger partial charge in [-0.05, 0) is 30.3 Å². The van der Waals surface area contributed by atoms with E-state index in [0.717, 1.165) is 0 Å². The first kappa shape index (κ1) is 15.7. The summed E-state index contributed by atoms with van der Waals surface area (Å²) < 4.78 is 10.6. The molecule has 0 radical (unpaired) electrons. The molecule has 0 unspecified atom stereocenters. The molecule has 0 aliphatic rings. The number of hydrogen-bond donors (Lipinski definition) is 1. The number of benzene rings is 1. The molecule has 0 aliphatic heterocycles. The van der Waals surface area contributed by atoms with Crippen molar-refractivity contribution in [2.45, 2.75) is 6.42 Å². The molecule has 24 heavy (non-hydrogen) atoms. The third kappa shape index (κ3) is 3.75. The Bertz CT molecular complexity index is 817. The Hall–Kier alpha value is -3.22. The lowest BCUT2D eigenvalue weighted by molar-refractivity contribution is 0.0953. The van der Waals surface area contributed by atoms with E-state index >= 15 is 0 Å². The predicted octanol–water partition coefficient (Wildman–Crippen LogP) is 2.11. The zero-order valence-electron chi connectivity index (χ0n) is 13.1. The van der Waals surface area contributed by atoms with Crippen LogP contribution in [0.1, 0.15) is 16.2 Å². The number of methoxy groups -OCH3 is 1. The number of hydrogen-bond acceptors (Lipinski definition) is 6. The maximum absolute atomic E-state index is 12.1. The van der Waals surface area contributed by atoms with E-state index < -0.39 is 0 Å². The van der Waals surface area contributed by atoms with Crippen LogP contribution in [0, 0.1) is 0 Å². The number of carbonyl (C=O) groups is 1. The van der Waals surface area contributed by atoms with Crippen LogP contribution >= 0.6 is 0 Å². The second-order valence-corrected chi connectivity index (χ2v) is 4.95. The minimum Gasteiger partial charge on any atom is -0.497 e. The molecule has 0 fully saturated rings. The smallest absolute Gasteiger partial charge is 0.266 e. The number of nitrogens with zero attached hydrogens (tertiary/aromatic N) is 3. The van der Waals surface area contributed by atoms with Gasteiger partial charge >= 0.3 is 0 Å². The number of carbonyl (C=O) groups excluding carboxylic acids is 1. The van der Waals surface area contributed by atoms with Gasteiger partial charge in [0.2, 0.25) is 5.89 Å². The first-order valence-corrected chi connectivity index (χ1v) is 7.42. The van der Waals surface area contributed by atoms with E-state index in [1.807, 2.05) is 12.1 Å².